The van der Waals surface area contributed by atoms with Gasteiger partial charge in [0.2, 0.25) is 0 Å². The zero-order valence-electron chi connectivity index (χ0n) is 6.73. The zero-order chi connectivity index (χ0) is 10.3. The van der Waals surface area contributed by atoms with E-state index in [1.807, 2.05) is 0 Å². The van der Waals surface area contributed by atoms with Gasteiger partial charge in [-0.05, 0) is 18.2 Å². The molecule has 1 heterocycles. The lowest BCUT2D eigenvalue weighted by atomic mass is 10.1. The summed E-state index contributed by atoms with van der Waals surface area (Å²) in [6, 6.07) is 4.45. The van der Waals surface area contributed by atoms with Crippen LogP contribution < -0.4 is 0 Å². The molecule has 0 saturated heterocycles. The molecule has 0 unspecified atom stereocenters. The molecular weight excluding hydrogens is 249 g/mol. The fourth-order valence-electron chi connectivity index (χ4n) is 1.28. The van der Waals surface area contributed by atoms with E-state index in [1.165, 1.54) is 17.4 Å². The minimum absolute atomic E-state index is 0.0596. The van der Waals surface area contributed by atoms with E-state index in [9.17, 15) is 8.78 Å². The normalized spacial score (nSPS) is 11.5. The van der Waals surface area contributed by atoms with E-state index < -0.39 is 6.43 Å². The maximum Gasteiger partial charge on any atom is 0.264 e. The Kier molecular flexibility index (Phi) is 2.64. The van der Waals surface area contributed by atoms with Crippen LogP contribution in [0.15, 0.2) is 18.2 Å². The monoisotopic (exact) mass is 252 g/mol. The molecule has 0 N–H and O–H groups in total. The Hall–Kier alpha value is -0.380. The van der Waals surface area contributed by atoms with Crippen molar-refractivity contribution in [2.75, 3.05) is 0 Å². The lowest BCUT2D eigenvalue weighted by Gasteiger charge is -2.01. The van der Waals surface area contributed by atoms with E-state index in [2.05, 4.69) is 0 Å². The summed E-state index contributed by atoms with van der Waals surface area (Å²) in [6.45, 7) is 0. The summed E-state index contributed by atoms with van der Waals surface area (Å²) >= 11 is 12.7. The molecule has 0 saturated carbocycles. The number of fused-ring (bicyclic) bond motifs is 1. The number of rotatable bonds is 1. The molecule has 0 fully saturated rings. The van der Waals surface area contributed by atoms with E-state index in [0.29, 0.717) is 19.4 Å². The highest BCUT2D eigenvalue weighted by molar-refractivity contribution is 7.22. The highest BCUT2D eigenvalue weighted by Crippen LogP contribution is 2.37. The highest BCUT2D eigenvalue weighted by Gasteiger charge is 2.14. The smallest absolute Gasteiger partial charge is 0.205 e. The molecule has 0 bridgehead atoms. The van der Waals surface area contributed by atoms with Gasteiger partial charge in [-0.1, -0.05) is 23.2 Å². The van der Waals surface area contributed by atoms with Gasteiger partial charge in [-0.15, -0.1) is 11.3 Å². The zero-order valence-corrected chi connectivity index (χ0v) is 9.06. The van der Waals surface area contributed by atoms with Crippen molar-refractivity contribution in [2.45, 2.75) is 6.43 Å². The molecule has 0 spiro atoms. The quantitative estimate of drug-likeness (QED) is 0.659. The van der Waals surface area contributed by atoms with Crippen molar-refractivity contribution in [1.29, 1.82) is 0 Å². The van der Waals surface area contributed by atoms with Crippen LogP contribution in [0.2, 0.25) is 9.36 Å². The van der Waals surface area contributed by atoms with Crippen LogP contribution in [0.5, 0.6) is 0 Å². The van der Waals surface area contributed by atoms with E-state index >= 15 is 0 Å². The second-order valence-electron chi connectivity index (χ2n) is 2.76. The minimum Gasteiger partial charge on any atom is -0.205 e. The predicted octanol–water partition coefficient (Wildman–Crippen LogP) is 5.15. The van der Waals surface area contributed by atoms with Crippen molar-refractivity contribution in [3.05, 3.63) is 33.1 Å². The summed E-state index contributed by atoms with van der Waals surface area (Å²) in [4.78, 5) is 0. The summed E-state index contributed by atoms with van der Waals surface area (Å²) in [5, 5.41) is 0.797. The Balaban J connectivity index is 2.79. The van der Waals surface area contributed by atoms with Crippen molar-refractivity contribution in [1.82, 2.24) is 0 Å². The Morgan fingerprint density at radius 3 is 2.50 bits per heavy atom. The van der Waals surface area contributed by atoms with Crippen LogP contribution in [0.1, 0.15) is 12.0 Å². The SMILES string of the molecule is FC(F)c1cc(Cl)cc2sc(Cl)cc12. The molecule has 2 rings (SSSR count). The maximum atomic E-state index is 12.6. The van der Waals surface area contributed by atoms with Crippen LogP contribution in [-0.4, -0.2) is 0 Å². The van der Waals surface area contributed by atoms with Gasteiger partial charge in [0, 0.05) is 20.7 Å². The number of halogens is 4. The first-order valence-electron chi connectivity index (χ1n) is 3.74. The van der Waals surface area contributed by atoms with Crippen LogP contribution in [0.25, 0.3) is 10.1 Å². The molecule has 0 radical (unpaired) electrons. The third-order valence-corrected chi connectivity index (χ3v) is 3.27. The Morgan fingerprint density at radius 1 is 1.14 bits per heavy atom. The molecule has 1 aromatic carbocycles. The van der Waals surface area contributed by atoms with Crippen molar-refractivity contribution >= 4 is 44.6 Å². The summed E-state index contributed by atoms with van der Waals surface area (Å²) in [6.07, 6.45) is -2.53. The molecule has 1 aromatic heterocycles. The van der Waals surface area contributed by atoms with E-state index in [0.717, 1.165) is 0 Å². The average Bonchev–Trinajstić information content (AvgIpc) is 2.42. The van der Waals surface area contributed by atoms with Gasteiger partial charge in [0.25, 0.3) is 6.43 Å². The standard InChI is InChI=1S/C9H4Cl2F2S/c10-4-1-6(9(12)13)5-3-8(11)14-7(5)2-4/h1-3,9H. The topological polar surface area (TPSA) is 0 Å². The summed E-state index contributed by atoms with van der Waals surface area (Å²) in [5.74, 6) is 0. The lowest BCUT2D eigenvalue weighted by Crippen LogP contribution is -1.84. The van der Waals surface area contributed by atoms with Crippen LogP contribution in [-0.2, 0) is 0 Å². The van der Waals surface area contributed by atoms with Crippen molar-refractivity contribution < 1.29 is 8.78 Å². The third kappa shape index (κ3) is 1.72. The molecule has 0 amide bonds. The molecular formula is C9H4Cl2F2S. The number of hydrogen-bond donors (Lipinski definition) is 0. The van der Waals surface area contributed by atoms with Gasteiger partial charge < -0.3 is 0 Å². The Labute approximate surface area is 93.1 Å². The Bertz CT molecular complexity index is 479. The van der Waals surface area contributed by atoms with Crippen molar-refractivity contribution in [3.63, 3.8) is 0 Å². The number of alkyl halides is 2. The lowest BCUT2D eigenvalue weighted by molar-refractivity contribution is 0.153. The van der Waals surface area contributed by atoms with Crippen LogP contribution >= 0.6 is 34.5 Å². The van der Waals surface area contributed by atoms with Gasteiger partial charge in [-0.25, -0.2) is 8.78 Å². The maximum absolute atomic E-state index is 12.6. The molecule has 14 heavy (non-hydrogen) atoms. The predicted molar refractivity (Wildman–Crippen MR) is 56.8 cm³/mol. The summed E-state index contributed by atoms with van der Waals surface area (Å²) < 4.78 is 26.4. The second kappa shape index (κ2) is 3.65. The molecule has 0 nitrogen and oxygen atoms in total. The van der Waals surface area contributed by atoms with Gasteiger partial charge in [0.1, 0.15) is 0 Å². The van der Waals surface area contributed by atoms with Crippen LogP contribution in [0.3, 0.4) is 0 Å². The van der Waals surface area contributed by atoms with E-state index in [4.69, 9.17) is 23.2 Å². The number of hydrogen-bond acceptors (Lipinski definition) is 1. The van der Waals surface area contributed by atoms with Crippen LogP contribution in [0.4, 0.5) is 8.78 Å². The van der Waals surface area contributed by atoms with E-state index in [-0.39, 0.29) is 5.56 Å². The molecule has 74 valence electrons. The fourth-order valence-corrected chi connectivity index (χ4v) is 2.79. The third-order valence-electron chi connectivity index (χ3n) is 1.84. The first-order chi connectivity index (χ1) is 6.58. The van der Waals surface area contributed by atoms with Gasteiger partial charge in [-0.2, -0.15) is 0 Å². The second-order valence-corrected chi connectivity index (χ2v) is 4.91. The molecule has 0 aliphatic rings. The first kappa shape index (κ1) is 10.1. The molecule has 0 aliphatic heterocycles. The highest BCUT2D eigenvalue weighted by atomic mass is 35.5. The largest absolute Gasteiger partial charge is 0.264 e. The minimum atomic E-state index is -2.53. The van der Waals surface area contributed by atoms with Gasteiger partial charge in [0.05, 0.1) is 4.34 Å². The summed E-state index contributed by atoms with van der Waals surface area (Å²) in [5.41, 5.74) is -0.0596. The first-order valence-corrected chi connectivity index (χ1v) is 5.32. The Morgan fingerprint density at radius 2 is 1.86 bits per heavy atom. The molecule has 0 atom stereocenters. The molecule has 0 aliphatic carbocycles. The van der Waals surface area contributed by atoms with E-state index in [1.54, 1.807) is 12.1 Å². The van der Waals surface area contributed by atoms with Gasteiger partial charge in [-0.3, -0.25) is 0 Å². The number of benzene rings is 1. The van der Waals surface area contributed by atoms with Gasteiger partial charge >= 0.3 is 0 Å². The van der Waals surface area contributed by atoms with Gasteiger partial charge in [0.15, 0.2) is 0 Å². The van der Waals surface area contributed by atoms with Crippen molar-refractivity contribution in [2.24, 2.45) is 0 Å². The number of thiophene rings is 1. The van der Waals surface area contributed by atoms with Crippen LogP contribution in [0, 0.1) is 0 Å². The van der Waals surface area contributed by atoms with Crippen molar-refractivity contribution in [3.8, 4) is 0 Å². The fraction of sp³-hybridized carbons (Fsp3) is 0.111. The average molecular weight is 253 g/mol. The molecule has 5 heteroatoms. The summed E-state index contributed by atoms with van der Waals surface area (Å²) in [7, 11) is 0. The molecule has 2 aromatic rings.